The van der Waals surface area contributed by atoms with Gasteiger partial charge >= 0.3 is 0 Å². The third-order valence-corrected chi connectivity index (χ3v) is 5.46. The van der Waals surface area contributed by atoms with Crippen molar-refractivity contribution >= 4 is 21.6 Å². The van der Waals surface area contributed by atoms with Gasteiger partial charge in [0, 0.05) is 30.8 Å². The molecule has 1 unspecified atom stereocenters. The summed E-state index contributed by atoms with van der Waals surface area (Å²) in [5.41, 5.74) is -0.147. The molecule has 118 valence electrons. The molecular weight excluding hydrogens is 321 g/mol. The van der Waals surface area contributed by atoms with Crippen LogP contribution in [0.4, 0.5) is 4.39 Å². The molecule has 0 radical (unpaired) electrons. The van der Waals surface area contributed by atoms with Crippen molar-refractivity contribution in [2.75, 3.05) is 20.2 Å². The fourth-order valence-corrected chi connectivity index (χ4v) is 3.90. The van der Waals surface area contributed by atoms with Crippen molar-refractivity contribution in [1.82, 2.24) is 4.31 Å². The molecule has 1 aliphatic rings. The van der Waals surface area contributed by atoms with Crippen LogP contribution in [0.5, 0.6) is 0 Å². The number of nitrogens with zero attached hydrogens (tertiary/aromatic N) is 1. The van der Waals surface area contributed by atoms with E-state index in [2.05, 4.69) is 0 Å². The number of aliphatic hydroxyl groups is 1. The summed E-state index contributed by atoms with van der Waals surface area (Å²) in [5.74, 6) is -0.971. The normalized spacial score (nSPS) is 19.4. The van der Waals surface area contributed by atoms with Crippen LogP contribution in [-0.4, -0.2) is 44.1 Å². The van der Waals surface area contributed by atoms with Crippen LogP contribution < -0.4 is 0 Å². The van der Waals surface area contributed by atoms with Crippen molar-refractivity contribution < 1.29 is 22.7 Å². The SMILES string of the molecule is CN(CC1CCCO1)S(=O)(=O)c1cc(Cl)cc(CO)c1F. The number of aliphatic hydroxyl groups excluding tert-OH is 1. The molecule has 0 spiro atoms. The highest BCUT2D eigenvalue weighted by molar-refractivity contribution is 7.89. The Morgan fingerprint density at radius 1 is 1.52 bits per heavy atom. The fraction of sp³-hybridized carbons (Fsp3) is 0.538. The second-order valence-electron chi connectivity index (χ2n) is 4.96. The first kappa shape index (κ1) is 16.6. The summed E-state index contributed by atoms with van der Waals surface area (Å²) >= 11 is 5.80. The minimum absolute atomic E-state index is 0.0598. The Labute approximate surface area is 128 Å². The van der Waals surface area contributed by atoms with E-state index in [0.29, 0.717) is 6.61 Å². The molecule has 1 aromatic rings. The minimum Gasteiger partial charge on any atom is -0.392 e. The summed E-state index contributed by atoms with van der Waals surface area (Å²) < 4.78 is 45.5. The molecular formula is C13H17ClFNO4S. The van der Waals surface area contributed by atoms with Crippen LogP contribution in [0.1, 0.15) is 18.4 Å². The number of ether oxygens (including phenoxy) is 1. The maximum Gasteiger partial charge on any atom is 0.245 e. The van der Waals surface area contributed by atoms with Crippen LogP contribution >= 0.6 is 11.6 Å². The highest BCUT2D eigenvalue weighted by Gasteiger charge is 2.29. The molecule has 1 heterocycles. The van der Waals surface area contributed by atoms with Crippen molar-refractivity contribution in [2.24, 2.45) is 0 Å². The smallest absolute Gasteiger partial charge is 0.245 e. The van der Waals surface area contributed by atoms with Crippen LogP contribution in [0.2, 0.25) is 5.02 Å². The Kier molecular flexibility index (Phi) is 5.21. The molecule has 1 aromatic carbocycles. The van der Waals surface area contributed by atoms with Gasteiger partial charge in [-0.25, -0.2) is 12.8 Å². The molecule has 0 bridgehead atoms. The predicted octanol–water partition coefficient (Wildman–Crippen LogP) is 1.77. The number of benzene rings is 1. The maximum atomic E-state index is 14.2. The molecule has 1 fully saturated rings. The van der Waals surface area contributed by atoms with E-state index in [4.69, 9.17) is 21.4 Å². The van der Waals surface area contributed by atoms with Gasteiger partial charge in [-0.1, -0.05) is 11.6 Å². The first-order valence-corrected chi connectivity index (χ1v) is 8.34. The van der Waals surface area contributed by atoms with Crippen molar-refractivity contribution in [1.29, 1.82) is 0 Å². The van der Waals surface area contributed by atoms with Gasteiger partial charge in [0.1, 0.15) is 10.7 Å². The lowest BCUT2D eigenvalue weighted by Crippen LogP contribution is -2.34. The highest BCUT2D eigenvalue weighted by Crippen LogP contribution is 2.26. The Hall–Kier alpha value is -0.730. The van der Waals surface area contributed by atoms with E-state index >= 15 is 0 Å². The van der Waals surface area contributed by atoms with E-state index in [1.165, 1.54) is 13.1 Å². The molecule has 1 aliphatic heterocycles. The first-order chi connectivity index (χ1) is 9.86. The largest absolute Gasteiger partial charge is 0.392 e. The quantitative estimate of drug-likeness (QED) is 0.889. The first-order valence-electron chi connectivity index (χ1n) is 6.53. The summed E-state index contributed by atoms with van der Waals surface area (Å²) in [6.45, 7) is 0.145. The van der Waals surface area contributed by atoms with Gasteiger partial charge in [0.2, 0.25) is 10.0 Å². The lowest BCUT2D eigenvalue weighted by atomic mass is 10.2. The van der Waals surface area contributed by atoms with Crippen LogP contribution in [0.25, 0.3) is 0 Å². The van der Waals surface area contributed by atoms with E-state index in [0.717, 1.165) is 23.2 Å². The lowest BCUT2D eigenvalue weighted by Gasteiger charge is -2.21. The Morgan fingerprint density at radius 3 is 2.81 bits per heavy atom. The summed E-state index contributed by atoms with van der Waals surface area (Å²) in [6, 6.07) is 2.26. The number of hydrogen-bond acceptors (Lipinski definition) is 4. The molecule has 0 saturated carbocycles. The lowest BCUT2D eigenvalue weighted by molar-refractivity contribution is 0.0978. The van der Waals surface area contributed by atoms with Gasteiger partial charge < -0.3 is 9.84 Å². The van der Waals surface area contributed by atoms with Crippen LogP contribution in [0.3, 0.4) is 0 Å². The molecule has 5 nitrogen and oxygen atoms in total. The number of rotatable bonds is 5. The van der Waals surface area contributed by atoms with Crippen molar-refractivity contribution in [3.05, 3.63) is 28.5 Å². The average Bonchev–Trinajstić information content (AvgIpc) is 2.93. The van der Waals surface area contributed by atoms with Crippen LogP contribution in [0, 0.1) is 5.82 Å². The molecule has 21 heavy (non-hydrogen) atoms. The van der Waals surface area contributed by atoms with Gasteiger partial charge in [-0.15, -0.1) is 0 Å². The van der Waals surface area contributed by atoms with Crippen LogP contribution in [-0.2, 0) is 21.4 Å². The predicted molar refractivity (Wildman–Crippen MR) is 76.1 cm³/mol. The second-order valence-corrected chi connectivity index (χ2v) is 7.41. The zero-order valence-corrected chi connectivity index (χ0v) is 13.1. The number of sulfonamides is 1. The van der Waals surface area contributed by atoms with Gasteiger partial charge in [-0.2, -0.15) is 4.31 Å². The maximum absolute atomic E-state index is 14.2. The zero-order valence-electron chi connectivity index (χ0n) is 11.6. The topological polar surface area (TPSA) is 66.8 Å². The molecule has 8 heteroatoms. The van der Waals surface area contributed by atoms with Gasteiger partial charge in [0.25, 0.3) is 0 Å². The summed E-state index contributed by atoms with van der Waals surface area (Å²) in [7, 11) is -2.66. The van der Waals surface area contributed by atoms with Crippen LogP contribution in [0.15, 0.2) is 17.0 Å². The molecule has 2 rings (SSSR count). The molecule has 1 atom stereocenters. The van der Waals surface area contributed by atoms with Gasteiger partial charge in [0.05, 0.1) is 12.7 Å². The van der Waals surface area contributed by atoms with Gasteiger partial charge in [-0.3, -0.25) is 0 Å². The number of halogens is 2. The van der Waals surface area contributed by atoms with E-state index in [-0.39, 0.29) is 23.2 Å². The summed E-state index contributed by atoms with van der Waals surface area (Å²) in [5, 5.41) is 9.13. The standard InChI is InChI=1S/C13H17ClFNO4S/c1-16(7-11-3-2-4-20-11)21(18,19)12-6-10(14)5-9(8-17)13(12)15/h5-6,11,17H,2-4,7-8H2,1H3. The second kappa shape index (κ2) is 6.58. The van der Waals surface area contributed by atoms with Crippen molar-refractivity contribution in [2.45, 2.75) is 30.4 Å². The zero-order chi connectivity index (χ0) is 15.6. The Balaban J connectivity index is 2.32. The van der Waals surface area contributed by atoms with Gasteiger partial charge in [-0.05, 0) is 25.0 Å². The summed E-state index contributed by atoms with van der Waals surface area (Å²) in [6.07, 6.45) is 1.49. The molecule has 0 aliphatic carbocycles. The molecule has 0 amide bonds. The van der Waals surface area contributed by atoms with Crippen molar-refractivity contribution in [3.8, 4) is 0 Å². The van der Waals surface area contributed by atoms with E-state index < -0.39 is 27.3 Å². The van der Waals surface area contributed by atoms with Crippen molar-refractivity contribution in [3.63, 3.8) is 0 Å². The monoisotopic (exact) mass is 337 g/mol. The van der Waals surface area contributed by atoms with E-state index in [1.807, 2.05) is 0 Å². The average molecular weight is 338 g/mol. The molecule has 1 saturated heterocycles. The minimum atomic E-state index is -4.03. The number of hydrogen-bond donors (Lipinski definition) is 1. The van der Waals surface area contributed by atoms with Gasteiger partial charge in [0.15, 0.2) is 0 Å². The molecule has 0 aromatic heterocycles. The molecule has 1 N–H and O–H groups in total. The third-order valence-electron chi connectivity index (χ3n) is 3.42. The fourth-order valence-electron chi connectivity index (χ4n) is 2.26. The third kappa shape index (κ3) is 3.54. The Morgan fingerprint density at radius 2 is 2.24 bits per heavy atom. The Bertz CT molecular complexity index is 617. The highest BCUT2D eigenvalue weighted by atomic mass is 35.5. The van der Waals surface area contributed by atoms with E-state index in [9.17, 15) is 12.8 Å². The van der Waals surface area contributed by atoms with E-state index in [1.54, 1.807) is 0 Å². The summed E-state index contributed by atoms with van der Waals surface area (Å²) in [4.78, 5) is -0.528. The number of likely N-dealkylation sites (N-methyl/N-ethyl adjacent to an activating group) is 1.